The van der Waals surface area contributed by atoms with Crippen LogP contribution in [0.15, 0.2) is 53.9 Å². The van der Waals surface area contributed by atoms with E-state index in [1.54, 1.807) is 4.57 Å². The van der Waals surface area contributed by atoms with Crippen molar-refractivity contribution in [2.24, 2.45) is 22.9 Å². The van der Waals surface area contributed by atoms with Crippen LogP contribution in [0.3, 0.4) is 0 Å². The normalized spacial score (nSPS) is 12.4. The number of anilines is 1. The largest absolute Gasteiger partial charge is 1.00 e. The second kappa shape index (κ2) is 15.4. The first kappa shape index (κ1) is 31.3. The van der Waals surface area contributed by atoms with E-state index in [0.29, 0.717) is 24.1 Å². The zero-order valence-corrected chi connectivity index (χ0v) is 23.5. The van der Waals surface area contributed by atoms with Gasteiger partial charge in [0.15, 0.2) is 12.4 Å². The molecule has 198 valence electrons. The van der Waals surface area contributed by atoms with E-state index in [2.05, 4.69) is 54.5 Å². The van der Waals surface area contributed by atoms with Gasteiger partial charge in [0.05, 0.1) is 5.92 Å². The molecule has 36 heavy (non-hydrogen) atoms. The molecule has 0 aliphatic heterocycles. The number of carbonyl (C=O) groups excluding carboxylic acids is 2. The Kier molecular flexibility index (Phi) is 13.3. The van der Waals surface area contributed by atoms with Gasteiger partial charge in [0, 0.05) is 43.2 Å². The highest BCUT2D eigenvalue weighted by molar-refractivity contribution is 6.09. The van der Waals surface area contributed by atoms with Crippen LogP contribution in [-0.2, 0) is 16.1 Å². The molecule has 1 atom stereocenters. The van der Waals surface area contributed by atoms with E-state index in [4.69, 9.17) is 0 Å². The zero-order valence-electron chi connectivity index (χ0n) is 22.7. The molecule has 0 radical (unpaired) electrons. The third-order valence-electron chi connectivity index (χ3n) is 5.61. The number of hydrazone groups is 1. The maximum Gasteiger partial charge on any atom is 0.305 e. The molecule has 0 saturated heterocycles. The molecule has 7 nitrogen and oxygen atoms in total. The van der Waals surface area contributed by atoms with Crippen LogP contribution in [0.25, 0.3) is 0 Å². The Bertz CT molecular complexity index is 998. The van der Waals surface area contributed by atoms with Gasteiger partial charge in [-0.3, -0.25) is 9.59 Å². The molecule has 0 fully saturated rings. The van der Waals surface area contributed by atoms with Crippen LogP contribution in [0.5, 0.6) is 0 Å². The highest BCUT2D eigenvalue weighted by atomic mass is 35.5. The van der Waals surface area contributed by atoms with Crippen LogP contribution < -0.4 is 27.7 Å². The average molecular weight is 516 g/mol. The van der Waals surface area contributed by atoms with E-state index in [9.17, 15) is 9.59 Å². The number of rotatable bonds is 12. The van der Waals surface area contributed by atoms with Crippen molar-refractivity contribution in [3.63, 3.8) is 0 Å². The second-order valence-corrected chi connectivity index (χ2v) is 10.2. The number of pyridine rings is 1. The van der Waals surface area contributed by atoms with Crippen LogP contribution in [-0.4, -0.2) is 42.1 Å². The number of nitrogens with zero attached hydrogens (tertiary/aromatic N) is 3. The van der Waals surface area contributed by atoms with Crippen LogP contribution in [0.4, 0.5) is 5.69 Å². The van der Waals surface area contributed by atoms with Crippen molar-refractivity contribution in [3.8, 4) is 0 Å². The Hall–Kier alpha value is -2.77. The Morgan fingerprint density at radius 2 is 1.58 bits per heavy atom. The smallest absolute Gasteiger partial charge is 0.305 e. The van der Waals surface area contributed by atoms with Crippen molar-refractivity contribution < 1.29 is 26.6 Å². The minimum atomic E-state index is -0.502. The molecule has 1 aromatic carbocycles. The summed E-state index contributed by atoms with van der Waals surface area (Å²) in [5, 5.41) is 7.44. The minimum absolute atomic E-state index is 0. The SMILES string of the molecule is C/C(=N\NC(=O)C[n+]1ccccc1)C(CN(CC(C)C)CC(C)C)C(=O)Nc1ccc(C)cc1C.[Cl-]. The lowest BCUT2D eigenvalue weighted by molar-refractivity contribution is -0.684. The first-order valence-corrected chi connectivity index (χ1v) is 12.4. The Morgan fingerprint density at radius 3 is 2.14 bits per heavy atom. The number of aromatic nitrogens is 1. The summed E-state index contributed by atoms with van der Waals surface area (Å²) >= 11 is 0. The molecule has 0 spiro atoms. The molecule has 8 heteroatoms. The maximum absolute atomic E-state index is 13.5. The third-order valence-corrected chi connectivity index (χ3v) is 5.61. The fraction of sp³-hybridized carbons (Fsp3) is 0.500. The Morgan fingerprint density at radius 1 is 0.972 bits per heavy atom. The predicted molar refractivity (Wildman–Crippen MR) is 142 cm³/mol. The van der Waals surface area contributed by atoms with Crippen LogP contribution in [0.2, 0.25) is 0 Å². The Labute approximate surface area is 222 Å². The molecule has 0 aliphatic carbocycles. The highest BCUT2D eigenvalue weighted by Gasteiger charge is 2.26. The van der Waals surface area contributed by atoms with Gasteiger partial charge in [0.25, 0.3) is 0 Å². The number of hydrogen-bond acceptors (Lipinski definition) is 4. The van der Waals surface area contributed by atoms with Crippen LogP contribution in [0, 0.1) is 31.6 Å². The summed E-state index contributed by atoms with van der Waals surface area (Å²) in [5.74, 6) is 0.0730. The molecular formula is C28H42ClN5O2. The van der Waals surface area contributed by atoms with E-state index in [1.165, 1.54) is 0 Å². The topological polar surface area (TPSA) is 77.7 Å². The first-order valence-electron chi connectivity index (χ1n) is 12.4. The number of benzene rings is 1. The summed E-state index contributed by atoms with van der Waals surface area (Å²) in [4.78, 5) is 28.3. The van der Waals surface area contributed by atoms with Gasteiger partial charge in [0.2, 0.25) is 12.5 Å². The standard InChI is InChI=1S/C28H41N5O2.ClH/c1-20(2)16-33(17-21(3)4)18-25(28(35)29-26-12-11-22(5)15-23(26)6)24(7)30-31-27(34)19-32-13-9-8-10-14-32;/h8-15,20-21,25H,16-19H2,1-7H3,(H-,29,31,34,35);1H/b30-24+;. The lowest BCUT2D eigenvalue weighted by Crippen LogP contribution is -3.00. The molecule has 1 aromatic heterocycles. The van der Waals surface area contributed by atoms with E-state index in [0.717, 1.165) is 29.9 Å². The van der Waals surface area contributed by atoms with Gasteiger partial charge >= 0.3 is 5.91 Å². The fourth-order valence-electron chi connectivity index (χ4n) is 4.06. The number of aryl methyl sites for hydroxylation is 2. The highest BCUT2D eigenvalue weighted by Crippen LogP contribution is 2.18. The number of amides is 2. The van der Waals surface area contributed by atoms with Crippen LogP contribution >= 0.6 is 0 Å². The first-order chi connectivity index (χ1) is 16.5. The van der Waals surface area contributed by atoms with Gasteiger partial charge in [-0.15, -0.1) is 0 Å². The third kappa shape index (κ3) is 10.9. The number of carbonyl (C=O) groups is 2. The molecule has 2 rings (SSSR count). The Balaban J connectivity index is 0.00000648. The molecule has 0 saturated carbocycles. The molecule has 0 aliphatic rings. The lowest BCUT2D eigenvalue weighted by Gasteiger charge is -2.30. The van der Waals surface area contributed by atoms with Gasteiger partial charge in [-0.05, 0) is 44.2 Å². The summed E-state index contributed by atoms with van der Waals surface area (Å²) < 4.78 is 1.78. The predicted octanol–water partition coefficient (Wildman–Crippen LogP) is 0.956. The molecule has 2 aromatic rings. The molecule has 2 N–H and O–H groups in total. The molecular weight excluding hydrogens is 474 g/mol. The number of halogens is 1. The van der Waals surface area contributed by atoms with Gasteiger partial charge < -0.3 is 22.6 Å². The summed E-state index contributed by atoms with van der Waals surface area (Å²) in [6.07, 6.45) is 3.65. The quantitative estimate of drug-likeness (QED) is 0.251. The lowest BCUT2D eigenvalue weighted by atomic mass is 10.00. The maximum atomic E-state index is 13.5. The van der Waals surface area contributed by atoms with E-state index in [-0.39, 0.29) is 30.8 Å². The van der Waals surface area contributed by atoms with Gasteiger partial charge in [-0.1, -0.05) is 51.5 Å². The fourth-order valence-corrected chi connectivity index (χ4v) is 4.06. The van der Waals surface area contributed by atoms with Gasteiger partial charge in [0.1, 0.15) is 0 Å². The van der Waals surface area contributed by atoms with Crippen molar-refractivity contribution in [2.75, 3.05) is 25.0 Å². The van der Waals surface area contributed by atoms with E-state index >= 15 is 0 Å². The summed E-state index contributed by atoms with van der Waals surface area (Å²) in [7, 11) is 0. The van der Waals surface area contributed by atoms with Crippen molar-refractivity contribution in [1.82, 2.24) is 10.3 Å². The summed E-state index contributed by atoms with van der Waals surface area (Å²) in [5.41, 5.74) is 6.17. The van der Waals surface area contributed by atoms with E-state index in [1.807, 2.05) is 63.5 Å². The summed E-state index contributed by atoms with van der Waals surface area (Å²) in [6, 6.07) is 11.6. The average Bonchev–Trinajstić information content (AvgIpc) is 2.77. The van der Waals surface area contributed by atoms with Crippen molar-refractivity contribution >= 4 is 23.2 Å². The molecule has 2 amide bonds. The van der Waals surface area contributed by atoms with E-state index < -0.39 is 5.92 Å². The van der Waals surface area contributed by atoms with Crippen LogP contribution in [0.1, 0.15) is 45.7 Å². The van der Waals surface area contributed by atoms with Gasteiger partial charge in [-0.25, -0.2) is 5.43 Å². The van der Waals surface area contributed by atoms with Crippen molar-refractivity contribution in [2.45, 2.75) is 55.0 Å². The second-order valence-electron chi connectivity index (χ2n) is 10.2. The number of nitrogens with one attached hydrogen (secondary N) is 2. The van der Waals surface area contributed by atoms with Gasteiger partial charge in [-0.2, -0.15) is 9.67 Å². The zero-order chi connectivity index (χ0) is 26.0. The molecule has 1 unspecified atom stereocenters. The van der Waals surface area contributed by atoms with Crippen molar-refractivity contribution in [3.05, 3.63) is 59.9 Å². The minimum Gasteiger partial charge on any atom is -1.00 e. The number of hydrogen-bond donors (Lipinski definition) is 2. The molecule has 1 heterocycles. The van der Waals surface area contributed by atoms with Crippen molar-refractivity contribution in [1.29, 1.82) is 0 Å². The molecule has 0 bridgehead atoms. The summed E-state index contributed by atoms with van der Waals surface area (Å²) in [6.45, 7) is 17.0. The monoisotopic (exact) mass is 515 g/mol.